The van der Waals surface area contributed by atoms with Crippen LogP contribution in [0, 0.1) is 6.92 Å². The lowest BCUT2D eigenvalue weighted by Gasteiger charge is -2.20. The molecule has 0 saturated heterocycles. The molecule has 4 rings (SSSR count). The number of carbonyl (C=O) groups is 1. The molecule has 1 aromatic carbocycles. The zero-order valence-electron chi connectivity index (χ0n) is 15.5. The molecule has 0 atom stereocenters. The molecule has 2 aliphatic heterocycles. The summed E-state index contributed by atoms with van der Waals surface area (Å²) < 4.78 is 12.0. The van der Waals surface area contributed by atoms with Crippen molar-refractivity contribution in [1.82, 2.24) is 4.98 Å². The number of aryl methyl sites for hydroxylation is 1. The predicted octanol–water partition coefficient (Wildman–Crippen LogP) is 4.49. The Morgan fingerprint density at radius 1 is 1.19 bits per heavy atom. The van der Waals surface area contributed by atoms with E-state index in [1.807, 2.05) is 38.1 Å². The summed E-state index contributed by atoms with van der Waals surface area (Å²) in [7, 11) is 0. The topological polar surface area (TPSA) is 51.7 Å². The smallest absolute Gasteiger partial charge is 0.235 e. The first kappa shape index (κ1) is 16.6. The number of allylic oxidation sites excluding steroid dienone is 1. The summed E-state index contributed by atoms with van der Waals surface area (Å²) in [6.07, 6.45) is 4.03. The molecule has 0 bridgehead atoms. The van der Waals surface area contributed by atoms with Crippen LogP contribution in [0.15, 0.2) is 42.2 Å². The second kappa shape index (κ2) is 5.87. The molecule has 0 fully saturated rings. The van der Waals surface area contributed by atoms with Gasteiger partial charge in [0.1, 0.15) is 11.5 Å². The fraction of sp³-hybridized carbons (Fsp3) is 0.333. The fourth-order valence-corrected chi connectivity index (χ4v) is 3.55. The molecule has 0 aliphatic carbocycles. The maximum absolute atomic E-state index is 12.0. The summed E-state index contributed by atoms with van der Waals surface area (Å²) in [4.78, 5) is 18.1. The second-order valence-corrected chi connectivity index (χ2v) is 7.49. The molecule has 5 nitrogen and oxygen atoms in total. The van der Waals surface area contributed by atoms with Gasteiger partial charge in [0.15, 0.2) is 0 Å². The number of aromatic nitrogens is 1. The van der Waals surface area contributed by atoms with E-state index >= 15 is 0 Å². The normalized spacial score (nSPS) is 17.8. The third-order valence-electron chi connectivity index (χ3n) is 4.94. The molecule has 26 heavy (non-hydrogen) atoms. The zero-order valence-corrected chi connectivity index (χ0v) is 15.5. The second-order valence-electron chi connectivity index (χ2n) is 7.49. The van der Waals surface area contributed by atoms with Crippen LogP contribution in [0.4, 0.5) is 5.69 Å². The van der Waals surface area contributed by atoms with Gasteiger partial charge in [-0.1, -0.05) is 26.0 Å². The van der Waals surface area contributed by atoms with Gasteiger partial charge in [-0.25, -0.2) is 4.98 Å². The predicted molar refractivity (Wildman–Crippen MR) is 99.9 cm³/mol. The summed E-state index contributed by atoms with van der Waals surface area (Å²) >= 11 is 0. The van der Waals surface area contributed by atoms with Gasteiger partial charge in [0.2, 0.25) is 11.8 Å². The van der Waals surface area contributed by atoms with Crippen molar-refractivity contribution >= 4 is 11.6 Å². The van der Waals surface area contributed by atoms with E-state index in [4.69, 9.17) is 9.47 Å². The van der Waals surface area contributed by atoms with E-state index in [2.05, 4.69) is 18.8 Å². The lowest BCUT2D eigenvalue weighted by atomic mass is 9.85. The number of rotatable bonds is 3. The van der Waals surface area contributed by atoms with Crippen molar-refractivity contribution in [2.45, 2.75) is 39.5 Å². The Kier molecular flexibility index (Phi) is 3.75. The van der Waals surface area contributed by atoms with Gasteiger partial charge in [-0.3, -0.25) is 9.69 Å². The quantitative estimate of drug-likeness (QED) is 0.818. The Morgan fingerprint density at radius 3 is 2.65 bits per heavy atom. The molecule has 1 aromatic heterocycles. The van der Waals surface area contributed by atoms with Crippen molar-refractivity contribution in [3.05, 3.63) is 53.4 Å². The van der Waals surface area contributed by atoms with Crippen LogP contribution in [0.25, 0.3) is 0 Å². The average molecular weight is 350 g/mol. The van der Waals surface area contributed by atoms with Gasteiger partial charge in [0.25, 0.3) is 0 Å². The number of hydrogen-bond acceptors (Lipinski definition) is 4. The highest BCUT2D eigenvalue weighted by atomic mass is 16.5. The molecule has 2 aromatic rings. The van der Waals surface area contributed by atoms with Crippen LogP contribution in [0.1, 0.15) is 38.3 Å². The number of benzene rings is 1. The third-order valence-corrected chi connectivity index (χ3v) is 4.94. The zero-order chi connectivity index (χ0) is 18.5. The van der Waals surface area contributed by atoms with E-state index in [0.29, 0.717) is 18.9 Å². The number of amides is 1. The minimum Gasteiger partial charge on any atom is -0.492 e. The monoisotopic (exact) mass is 350 g/mol. The molecule has 0 unspecified atom stereocenters. The number of ether oxygens (including phenoxy) is 2. The lowest BCUT2D eigenvalue weighted by molar-refractivity contribution is -0.116. The summed E-state index contributed by atoms with van der Waals surface area (Å²) in [5.41, 5.74) is 3.76. The van der Waals surface area contributed by atoms with Crippen LogP contribution in [0.5, 0.6) is 17.4 Å². The van der Waals surface area contributed by atoms with Crippen molar-refractivity contribution in [2.24, 2.45) is 0 Å². The van der Waals surface area contributed by atoms with Crippen LogP contribution in [-0.2, 0) is 10.2 Å². The average Bonchev–Trinajstić information content (AvgIpc) is 3.11. The fourth-order valence-electron chi connectivity index (χ4n) is 3.55. The minimum atomic E-state index is -0.111. The molecule has 5 heteroatoms. The standard InChI is InChI=1S/C21H22N2O3/c1-13-5-8-16(19-20(13)25-12-21(19,3)4)26-17-9-7-15(11-22-17)23-14(2)6-10-18(23)24/h5-9,11H,10,12H2,1-4H3. The number of carbonyl (C=O) groups excluding carboxylic acids is 1. The van der Waals surface area contributed by atoms with Crippen molar-refractivity contribution in [1.29, 1.82) is 0 Å². The van der Waals surface area contributed by atoms with Crippen LogP contribution in [-0.4, -0.2) is 17.5 Å². The number of nitrogens with zero attached hydrogens (tertiary/aromatic N) is 2. The third kappa shape index (κ3) is 2.64. The van der Waals surface area contributed by atoms with E-state index in [1.54, 1.807) is 17.2 Å². The SMILES string of the molecule is CC1=CCC(=O)N1c1ccc(Oc2ccc(C)c3c2C(C)(C)CO3)nc1. The van der Waals surface area contributed by atoms with E-state index in [1.165, 1.54) is 0 Å². The van der Waals surface area contributed by atoms with Crippen LogP contribution in [0.3, 0.4) is 0 Å². The minimum absolute atomic E-state index is 0.0632. The van der Waals surface area contributed by atoms with Gasteiger partial charge in [0.05, 0.1) is 18.5 Å². The number of hydrogen-bond donors (Lipinski definition) is 0. The summed E-state index contributed by atoms with van der Waals surface area (Å²) in [5, 5.41) is 0. The maximum atomic E-state index is 12.0. The Labute approximate surface area is 153 Å². The molecule has 0 spiro atoms. The summed E-state index contributed by atoms with van der Waals surface area (Å²) in [6.45, 7) is 8.90. The van der Waals surface area contributed by atoms with Crippen LogP contribution >= 0.6 is 0 Å². The highest BCUT2D eigenvalue weighted by Gasteiger charge is 2.36. The van der Waals surface area contributed by atoms with Gasteiger partial charge in [-0.15, -0.1) is 0 Å². The van der Waals surface area contributed by atoms with Gasteiger partial charge in [0, 0.05) is 29.2 Å². The summed E-state index contributed by atoms with van der Waals surface area (Å²) in [5.74, 6) is 2.23. The van der Waals surface area contributed by atoms with Crippen molar-refractivity contribution in [2.75, 3.05) is 11.5 Å². The van der Waals surface area contributed by atoms with E-state index in [0.717, 1.165) is 34.0 Å². The van der Waals surface area contributed by atoms with Crippen LogP contribution in [0.2, 0.25) is 0 Å². The molecule has 0 radical (unpaired) electrons. The van der Waals surface area contributed by atoms with Gasteiger partial charge >= 0.3 is 0 Å². The molecule has 2 aliphatic rings. The Bertz CT molecular complexity index is 914. The molecule has 3 heterocycles. The number of pyridine rings is 1. The molecule has 1 amide bonds. The first-order valence-electron chi connectivity index (χ1n) is 8.77. The van der Waals surface area contributed by atoms with E-state index in [9.17, 15) is 4.79 Å². The van der Waals surface area contributed by atoms with Gasteiger partial charge in [-0.2, -0.15) is 0 Å². The molecular weight excluding hydrogens is 328 g/mol. The van der Waals surface area contributed by atoms with E-state index < -0.39 is 0 Å². The van der Waals surface area contributed by atoms with Crippen molar-refractivity contribution < 1.29 is 14.3 Å². The number of anilines is 1. The lowest BCUT2D eigenvalue weighted by Crippen LogP contribution is -2.23. The highest BCUT2D eigenvalue weighted by molar-refractivity contribution is 5.99. The van der Waals surface area contributed by atoms with Gasteiger partial charge in [-0.05, 0) is 31.5 Å². The van der Waals surface area contributed by atoms with Gasteiger partial charge < -0.3 is 9.47 Å². The van der Waals surface area contributed by atoms with Crippen LogP contribution < -0.4 is 14.4 Å². The van der Waals surface area contributed by atoms with Crippen molar-refractivity contribution in [3.63, 3.8) is 0 Å². The van der Waals surface area contributed by atoms with E-state index in [-0.39, 0.29) is 11.3 Å². The summed E-state index contributed by atoms with van der Waals surface area (Å²) in [6, 6.07) is 7.63. The molecule has 134 valence electrons. The largest absolute Gasteiger partial charge is 0.492 e. The Hall–Kier alpha value is -2.82. The first-order chi connectivity index (χ1) is 12.4. The number of fused-ring (bicyclic) bond motifs is 1. The Morgan fingerprint density at radius 2 is 2.00 bits per heavy atom. The molecule has 0 N–H and O–H groups in total. The van der Waals surface area contributed by atoms with Crippen molar-refractivity contribution in [3.8, 4) is 17.4 Å². The Balaban J connectivity index is 1.63. The first-order valence-corrected chi connectivity index (χ1v) is 8.77. The molecular formula is C21H22N2O3. The molecule has 0 saturated carbocycles. The highest BCUT2D eigenvalue weighted by Crippen LogP contribution is 2.47. The maximum Gasteiger partial charge on any atom is 0.235 e.